The van der Waals surface area contributed by atoms with Crippen molar-refractivity contribution in [3.8, 4) is 17.1 Å². The number of non-ortho nitro benzene ring substituents is 1. The molecule has 3 rings (SSSR count). The lowest BCUT2D eigenvalue weighted by Gasteiger charge is -2.11. The van der Waals surface area contributed by atoms with Gasteiger partial charge in [-0.1, -0.05) is 24.3 Å². The Morgan fingerprint density at radius 3 is 2.68 bits per heavy atom. The first-order chi connectivity index (χ1) is 13.5. The number of nitrogens with one attached hydrogen (secondary N) is 2. The van der Waals surface area contributed by atoms with Gasteiger partial charge < -0.3 is 14.5 Å². The van der Waals surface area contributed by atoms with Crippen molar-refractivity contribution in [1.82, 2.24) is 5.32 Å². The minimum atomic E-state index is -0.552. The third-order valence-corrected chi connectivity index (χ3v) is 3.96. The number of benzene rings is 2. The smallest absolute Gasteiger partial charge is 0.293 e. The third-order valence-electron chi connectivity index (χ3n) is 3.75. The Labute approximate surface area is 165 Å². The van der Waals surface area contributed by atoms with Gasteiger partial charge in [0.2, 0.25) is 0 Å². The Morgan fingerprint density at radius 1 is 1.14 bits per heavy atom. The zero-order chi connectivity index (χ0) is 20.1. The first kappa shape index (κ1) is 19.1. The largest absolute Gasteiger partial charge is 0.495 e. The van der Waals surface area contributed by atoms with Crippen molar-refractivity contribution < 1.29 is 18.9 Å². The molecule has 0 saturated heterocycles. The van der Waals surface area contributed by atoms with Crippen molar-refractivity contribution >= 4 is 34.6 Å². The molecule has 1 amide bonds. The van der Waals surface area contributed by atoms with E-state index in [0.29, 0.717) is 22.8 Å². The van der Waals surface area contributed by atoms with Crippen molar-refractivity contribution in [3.63, 3.8) is 0 Å². The van der Waals surface area contributed by atoms with E-state index in [0.717, 1.165) is 0 Å². The molecule has 0 aliphatic carbocycles. The van der Waals surface area contributed by atoms with Crippen LogP contribution in [0.15, 0.2) is 65.1 Å². The van der Waals surface area contributed by atoms with E-state index in [1.165, 1.54) is 25.3 Å². The van der Waals surface area contributed by atoms with E-state index in [2.05, 4.69) is 10.6 Å². The maximum Gasteiger partial charge on any atom is 0.293 e. The molecule has 0 radical (unpaired) electrons. The standard InChI is InChI=1S/C19H15N3O5S/c1-26-16-8-3-2-7-14(16)20-19(28)21-18(23)17-10-9-15(27-17)12-5-4-6-13(11-12)22(24)25/h2-11H,1H3,(H2,20,21,23,28). The van der Waals surface area contributed by atoms with Crippen LogP contribution in [-0.2, 0) is 0 Å². The van der Waals surface area contributed by atoms with Gasteiger partial charge in [0.05, 0.1) is 17.7 Å². The summed E-state index contributed by atoms with van der Waals surface area (Å²) < 4.78 is 10.7. The van der Waals surface area contributed by atoms with E-state index in [9.17, 15) is 14.9 Å². The van der Waals surface area contributed by atoms with Crippen LogP contribution in [-0.4, -0.2) is 23.1 Å². The van der Waals surface area contributed by atoms with Gasteiger partial charge in [-0.25, -0.2) is 0 Å². The predicted molar refractivity (Wildman–Crippen MR) is 107 cm³/mol. The number of nitro benzene ring substituents is 1. The molecule has 28 heavy (non-hydrogen) atoms. The first-order valence-electron chi connectivity index (χ1n) is 8.08. The number of para-hydroxylation sites is 2. The van der Waals surface area contributed by atoms with Crippen LogP contribution in [0.25, 0.3) is 11.3 Å². The molecule has 0 aliphatic heterocycles. The highest BCUT2D eigenvalue weighted by atomic mass is 32.1. The van der Waals surface area contributed by atoms with Crippen LogP contribution in [0, 0.1) is 10.1 Å². The molecule has 2 aromatic carbocycles. The van der Waals surface area contributed by atoms with Gasteiger partial charge in [-0.2, -0.15) is 0 Å². The Morgan fingerprint density at radius 2 is 1.93 bits per heavy atom. The van der Waals surface area contributed by atoms with Gasteiger partial charge in [-0.15, -0.1) is 0 Å². The molecule has 0 fully saturated rings. The number of carbonyl (C=O) groups excluding carboxylic acids is 1. The van der Waals surface area contributed by atoms with E-state index in [1.807, 2.05) is 6.07 Å². The Hall–Kier alpha value is -3.72. The molecule has 1 aromatic heterocycles. The molecule has 0 atom stereocenters. The van der Waals surface area contributed by atoms with Crippen molar-refractivity contribution in [2.24, 2.45) is 0 Å². The van der Waals surface area contributed by atoms with Crippen molar-refractivity contribution in [1.29, 1.82) is 0 Å². The Kier molecular flexibility index (Phi) is 5.66. The number of rotatable bonds is 5. The highest BCUT2D eigenvalue weighted by Gasteiger charge is 2.16. The summed E-state index contributed by atoms with van der Waals surface area (Å²) >= 11 is 5.15. The molecule has 0 aliphatic rings. The number of furan rings is 1. The Balaban J connectivity index is 1.69. The lowest BCUT2D eigenvalue weighted by atomic mass is 10.1. The molecule has 0 saturated carbocycles. The predicted octanol–water partition coefficient (Wildman–Crippen LogP) is 3.99. The maximum atomic E-state index is 12.3. The second-order valence-electron chi connectivity index (χ2n) is 5.58. The molecular weight excluding hydrogens is 382 g/mol. The number of hydrogen-bond donors (Lipinski definition) is 2. The van der Waals surface area contributed by atoms with Crippen LogP contribution in [0.2, 0.25) is 0 Å². The summed E-state index contributed by atoms with van der Waals surface area (Å²) in [5.74, 6) is 0.372. The van der Waals surface area contributed by atoms with E-state index >= 15 is 0 Å². The summed E-state index contributed by atoms with van der Waals surface area (Å²) in [5.41, 5.74) is 1.03. The number of thiocarbonyl (C=S) groups is 1. The number of hydrogen-bond acceptors (Lipinski definition) is 6. The van der Waals surface area contributed by atoms with Crippen LogP contribution in [0.4, 0.5) is 11.4 Å². The average molecular weight is 397 g/mol. The molecule has 0 spiro atoms. The van der Waals surface area contributed by atoms with Crippen molar-refractivity contribution in [3.05, 3.63) is 76.5 Å². The lowest BCUT2D eigenvalue weighted by Crippen LogP contribution is -2.34. The van der Waals surface area contributed by atoms with E-state index in [1.54, 1.807) is 36.4 Å². The van der Waals surface area contributed by atoms with Crippen LogP contribution >= 0.6 is 12.2 Å². The number of methoxy groups -OCH3 is 1. The number of amides is 1. The second-order valence-corrected chi connectivity index (χ2v) is 5.99. The summed E-state index contributed by atoms with van der Waals surface area (Å²) in [7, 11) is 1.53. The highest BCUT2D eigenvalue weighted by Crippen LogP contribution is 2.26. The molecule has 0 bridgehead atoms. The number of carbonyl (C=O) groups is 1. The van der Waals surface area contributed by atoms with Crippen LogP contribution < -0.4 is 15.4 Å². The van der Waals surface area contributed by atoms with Gasteiger partial charge in [0.1, 0.15) is 11.5 Å². The highest BCUT2D eigenvalue weighted by molar-refractivity contribution is 7.80. The first-order valence-corrected chi connectivity index (χ1v) is 8.49. The number of ether oxygens (including phenoxy) is 1. The van der Waals surface area contributed by atoms with Gasteiger partial charge in [-0.3, -0.25) is 20.2 Å². The normalized spacial score (nSPS) is 10.2. The monoisotopic (exact) mass is 397 g/mol. The Bertz CT molecular complexity index is 1050. The average Bonchev–Trinajstić information content (AvgIpc) is 3.19. The zero-order valence-corrected chi connectivity index (χ0v) is 15.5. The molecular formula is C19H15N3O5S. The lowest BCUT2D eigenvalue weighted by molar-refractivity contribution is -0.384. The van der Waals surface area contributed by atoms with E-state index in [-0.39, 0.29) is 16.6 Å². The third kappa shape index (κ3) is 4.33. The summed E-state index contributed by atoms with van der Waals surface area (Å²) in [5, 5.41) is 16.4. The fraction of sp³-hybridized carbons (Fsp3) is 0.0526. The van der Waals surface area contributed by atoms with Crippen LogP contribution in [0.5, 0.6) is 5.75 Å². The molecule has 1 heterocycles. The summed E-state index contributed by atoms with van der Waals surface area (Å²) in [6.45, 7) is 0. The molecule has 8 nitrogen and oxygen atoms in total. The maximum absolute atomic E-state index is 12.3. The van der Waals surface area contributed by atoms with Crippen molar-refractivity contribution in [2.75, 3.05) is 12.4 Å². The minimum Gasteiger partial charge on any atom is -0.495 e. The minimum absolute atomic E-state index is 0.0192. The quantitative estimate of drug-likeness (QED) is 0.381. The van der Waals surface area contributed by atoms with Gasteiger partial charge in [0, 0.05) is 17.7 Å². The van der Waals surface area contributed by atoms with Gasteiger partial charge in [0.15, 0.2) is 10.9 Å². The molecule has 2 N–H and O–H groups in total. The van der Waals surface area contributed by atoms with Crippen LogP contribution in [0.1, 0.15) is 10.6 Å². The summed E-state index contributed by atoms with van der Waals surface area (Å²) in [4.78, 5) is 22.7. The number of nitrogens with zero attached hydrogens (tertiary/aromatic N) is 1. The SMILES string of the molecule is COc1ccccc1NC(=S)NC(=O)c1ccc(-c2cccc([N+](=O)[O-])c2)o1. The molecule has 3 aromatic rings. The fourth-order valence-corrected chi connectivity index (χ4v) is 2.66. The number of anilines is 1. The number of nitro groups is 1. The molecule has 142 valence electrons. The van der Waals surface area contributed by atoms with Crippen molar-refractivity contribution in [2.45, 2.75) is 0 Å². The zero-order valence-electron chi connectivity index (χ0n) is 14.7. The summed E-state index contributed by atoms with van der Waals surface area (Å²) in [6.07, 6.45) is 0. The topological polar surface area (TPSA) is 107 Å². The van der Waals surface area contributed by atoms with Gasteiger partial charge >= 0.3 is 0 Å². The van der Waals surface area contributed by atoms with Gasteiger partial charge in [0.25, 0.3) is 11.6 Å². The van der Waals surface area contributed by atoms with E-state index in [4.69, 9.17) is 21.4 Å². The van der Waals surface area contributed by atoms with Crippen LogP contribution in [0.3, 0.4) is 0 Å². The summed E-state index contributed by atoms with van der Waals surface area (Å²) in [6, 6.07) is 16.1. The second kappa shape index (κ2) is 8.31. The van der Waals surface area contributed by atoms with Gasteiger partial charge in [-0.05, 0) is 36.5 Å². The fourth-order valence-electron chi connectivity index (χ4n) is 2.45. The van der Waals surface area contributed by atoms with E-state index < -0.39 is 10.8 Å². The molecule has 9 heteroatoms. The molecule has 0 unspecified atom stereocenters.